The average Bonchev–Trinajstić information content (AvgIpc) is 2.69. The molecule has 1 spiro atoms. The third kappa shape index (κ3) is 1.80. The number of hydrogen-bond acceptors (Lipinski definition) is 5. The van der Waals surface area contributed by atoms with E-state index in [0.717, 1.165) is 18.2 Å². The number of fused-ring (bicyclic) bond motifs is 2. The minimum Gasteiger partial charge on any atom is -0.319 e. The molecule has 0 aliphatic carbocycles. The normalized spacial score (nSPS) is 25.7. The minimum absolute atomic E-state index is 0.0856. The van der Waals surface area contributed by atoms with Gasteiger partial charge in [0.25, 0.3) is 5.91 Å². The van der Waals surface area contributed by atoms with Crippen LogP contribution in [0, 0.1) is 17.1 Å². The lowest BCUT2D eigenvalue weighted by Gasteiger charge is -2.32. The topological polar surface area (TPSA) is 107 Å². The van der Waals surface area contributed by atoms with Crippen LogP contribution in [-0.4, -0.2) is 37.6 Å². The maximum atomic E-state index is 13.6. The van der Waals surface area contributed by atoms with Gasteiger partial charge in [-0.15, -0.1) is 0 Å². The summed E-state index contributed by atoms with van der Waals surface area (Å²) in [5, 5.41) is 11.1. The lowest BCUT2D eigenvalue weighted by Crippen LogP contribution is -2.49. The summed E-state index contributed by atoms with van der Waals surface area (Å²) in [6.07, 6.45) is -0.196. The number of carbonyl (C=O) groups is 2. The molecule has 1 aromatic rings. The van der Waals surface area contributed by atoms with E-state index in [1.807, 2.05) is 0 Å². The summed E-state index contributed by atoms with van der Waals surface area (Å²) in [5.74, 6) is -1.80. The van der Waals surface area contributed by atoms with Crippen molar-refractivity contribution in [2.75, 3.05) is 12.3 Å². The average molecular weight is 323 g/mol. The van der Waals surface area contributed by atoms with Crippen LogP contribution in [0.3, 0.4) is 0 Å². The Morgan fingerprint density at radius 1 is 1.41 bits per heavy atom. The van der Waals surface area contributed by atoms with Crippen molar-refractivity contribution >= 4 is 21.8 Å². The van der Waals surface area contributed by atoms with Gasteiger partial charge in [0, 0.05) is 5.56 Å². The van der Waals surface area contributed by atoms with Crippen LogP contribution in [0.5, 0.6) is 0 Å². The summed E-state index contributed by atoms with van der Waals surface area (Å²) >= 11 is 0. The Balaban J connectivity index is 2.23. The van der Waals surface area contributed by atoms with E-state index in [0.29, 0.717) is 4.90 Å². The van der Waals surface area contributed by atoms with E-state index in [9.17, 15) is 22.4 Å². The van der Waals surface area contributed by atoms with Crippen molar-refractivity contribution in [2.45, 2.75) is 16.9 Å². The molecular weight excluding hydrogens is 313 g/mol. The first-order valence-corrected chi connectivity index (χ1v) is 8.01. The molecule has 0 aromatic heterocycles. The van der Waals surface area contributed by atoms with Gasteiger partial charge in [-0.05, 0) is 24.6 Å². The van der Waals surface area contributed by atoms with Crippen LogP contribution in [0.1, 0.15) is 12.0 Å². The number of urea groups is 1. The highest BCUT2D eigenvalue weighted by Crippen LogP contribution is 2.41. The Labute approximate surface area is 125 Å². The van der Waals surface area contributed by atoms with Gasteiger partial charge in [-0.25, -0.2) is 22.5 Å². The number of halogens is 1. The molecule has 3 rings (SSSR count). The van der Waals surface area contributed by atoms with E-state index in [1.165, 1.54) is 0 Å². The highest BCUT2D eigenvalue weighted by Gasteiger charge is 2.56. The van der Waals surface area contributed by atoms with E-state index >= 15 is 0 Å². The number of amides is 3. The first-order valence-electron chi connectivity index (χ1n) is 6.36. The molecule has 2 heterocycles. The number of imide groups is 1. The van der Waals surface area contributed by atoms with Gasteiger partial charge in [0.2, 0.25) is 0 Å². The van der Waals surface area contributed by atoms with Crippen molar-refractivity contribution in [3.8, 4) is 6.07 Å². The van der Waals surface area contributed by atoms with Gasteiger partial charge in [0.05, 0.1) is 16.7 Å². The largest absolute Gasteiger partial charge is 0.326 e. The molecule has 1 atom stereocenters. The molecule has 1 N–H and O–H groups in total. The van der Waals surface area contributed by atoms with Crippen LogP contribution in [0.4, 0.5) is 9.18 Å². The zero-order valence-electron chi connectivity index (χ0n) is 11.2. The molecule has 0 unspecified atom stereocenters. The van der Waals surface area contributed by atoms with Crippen molar-refractivity contribution in [2.24, 2.45) is 0 Å². The summed E-state index contributed by atoms with van der Waals surface area (Å²) in [7, 11) is -3.65. The number of nitrogens with zero attached hydrogens (tertiary/aromatic N) is 2. The van der Waals surface area contributed by atoms with Gasteiger partial charge in [-0.2, -0.15) is 5.26 Å². The molecule has 7 nitrogen and oxygen atoms in total. The summed E-state index contributed by atoms with van der Waals surface area (Å²) in [4.78, 5) is 25.0. The fourth-order valence-electron chi connectivity index (χ4n) is 2.83. The SMILES string of the molecule is N#CCN1C(=O)N[C@]2(CCS(=O)(=O)c3ccc(F)cc32)C1=O. The molecule has 3 amide bonds. The Bertz CT molecular complexity index is 845. The number of rotatable bonds is 1. The monoisotopic (exact) mass is 323 g/mol. The summed E-state index contributed by atoms with van der Waals surface area (Å²) in [6.45, 7) is -0.455. The molecule has 0 bridgehead atoms. The van der Waals surface area contributed by atoms with Crippen LogP contribution >= 0.6 is 0 Å². The van der Waals surface area contributed by atoms with E-state index in [-0.39, 0.29) is 22.6 Å². The first kappa shape index (κ1) is 14.5. The van der Waals surface area contributed by atoms with Crippen molar-refractivity contribution in [3.05, 3.63) is 29.6 Å². The van der Waals surface area contributed by atoms with Gasteiger partial charge >= 0.3 is 6.03 Å². The van der Waals surface area contributed by atoms with E-state index < -0.39 is 39.7 Å². The second kappa shape index (κ2) is 4.51. The fraction of sp³-hybridized carbons (Fsp3) is 0.308. The molecule has 2 aliphatic heterocycles. The lowest BCUT2D eigenvalue weighted by molar-refractivity contribution is -0.131. The zero-order valence-corrected chi connectivity index (χ0v) is 12.0. The number of carbonyl (C=O) groups excluding carboxylic acids is 2. The highest BCUT2D eigenvalue weighted by molar-refractivity contribution is 7.91. The molecule has 2 aliphatic rings. The molecule has 0 saturated carbocycles. The molecule has 0 radical (unpaired) electrons. The zero-order chi connectivity index (χ0) is 16.1. The van der Waals surface area contributed by atoms with Crippen LogP contribution < -0.4 is 5.32 Å². The molecule has 9 heteroatoms. The van der Waals surface area contributed by atoms with Crippen molar-refractivity contribution in [1.82, 2.24) is 10.2 Å². The van der Waals surface area contributed by atoms with E-state index in [4.69, 9.17) is 5.26 Å². The van der Waals surface area contributed by atoms with E-state index in [1.54, 1.807) is 6.07 Å². The number of hydrogen-bond donors (Lipinski definition) is 1. The molecule has 1 aromatic carbocycles. The maximum absolute atomic E-state index is 13.6. The predicted octanol–water partition coefficient (Wildman–Crippen LogP) is 0.274. The van der Waals surface area contributed by atoms with Crippen molar-refractivity contribution in [3.63, 3.8) is 0 Å². The Hall–Kier alpha value is -2.47. The fourth-order valence-corrected chi connectivity index (χ4v) is 4.47. The van der Waals surface area contributed by atoms with Crippen LogP contribution in [0.2, 0.25) is 0 Å². The third-order valence-electron chi connectivity index (χ3n) is 3.89. The smallest absolute Gasteiger partial charge is 0.319 e. The molecule has 114 valence electrons. The summed E-state index contributed by atoms with van der Waals surface area (Å²) < 4.78 is 37.8. The van der Waals surface area contributed by atoms with E-state index in [2.05, 4.69) is 5.32 Å². The second-order valence-electron chi connectivity index (χ2n) is 5.09. The Morgan fingerprint density at radius 3 is 2.82 bits per heavy atom. The standard InChI is InChI=1S/C13H10FN3O4S/c14-8-1-2-10-9(7-8)13(3-6-22(10,20)21)11(18)17(5-4-15)12(19)16-13/h1-2,7H,3,5-6H2,(H,16,19)/t13-/m0/s1. The Kier molecular flexibility index (Phi) is 2.97. The molecular formula is C13H10FN3O4S. The van der Waals surface area contributed by atoms with Crippen molar-refractivity contribution in [1.29, 1.82) is 5.26 Å². The maximum Gasteiger partial charge on any atom is 0.326 e. The lowest BCUT2D eigenvalue weighted by atomic mass is 9.86. The van der Waals surface area contributed by atoms with Crippen LogP contribution in [-0.2, 0) is 20.2 Å². The van der Waals surface area contributed by atoms with Crippen LogP contribution in [0.25, 0.3) is 0 Å². The molecule has 1 saturated heterocycles. The second-order valence-corrected chi connectivity index (χ2v) is 7.17. The predicted molar refractivity (Wildman–Crippen MR) is 70.6 cm³/mol. The first-order chi connectivity index (χ1) is 10.3. The third-order valence-corrected chi connectivity index (χ3v) is 5.65. The van der Waals surface area contributed by atoms with Crippen LogP contribution in [0.15, 0.2) is 23.1 Å². The minimum atomic E-state index is -3.65. The highest BCUT2D eigenvalue weighted by atomic mass is 32.2. The quantitative estimate of drug-likeness (QED) is 0.453. The van der Waals surface area contributed by atoms with Gasteiger partial charge in [0.1, 0.15) is 17.9 Å². The summed E-state index contributed by atoms with van der Waals surface area (Å²) in [6, 6.07) is 3.93. The molecule has 1 fully saturated rings. The number of nitrogens with one attached hydrogen (secondary N) is 1. The van der Waals surface area contributed by atoms with Gasteiger partial charge < -0.3 is 5.32 Å². The summed E-state index contributed by atoms with van der Waals surface area (Å²) in [5.41, 5.74) is -1.71. The number of sulfone groups is 1. The van der Waals surface area contributed by atoms with Gasteiger partial charge in [-0.1, -0.05) is 0 Å². The molecule has 22 heavy (non-hydrogen) atoms. The van der Waals surface area contributed by atoms with Gasteiger partial charge in [0.15, 0.2) is 9.84 Å². The Morgan fingerprint density at radius 2 is 2.14 bits per heavy atom. The van der Waals surface area contributed by atoms with Gasteiger partial charge in [-0.3, -0.25) is 4.79 Å². The number of nitriles is 1. The van der Waals surface area contributed by atoms with Crippen molar-refractivity contribution < 1.29 is 22.4 Å². The number of benzene rings is 1.